The van der Waals surface area contributed by atoms with Crippen LogP contribution in [0.15, 0.2) is 24.3 Å². The molecule has 7 nitrogen and oxygen atoms in total. The van der Waals surface area contributed by atoms with Gasteiger partial charge in [-0.25, -0.2) is 9.59 Å². The van der Waals surface area contributed by atoms with Gasteiger partial charge in [0.05, 0.1) is 6.61 Å². The molecule has 0 amide bonds. The third-order valence-electron chi connectivity index (χ3n) is 3.34. The molecule has 1 aromatic rings. The van der Waals surface area contributed by atoms with E-state index in [1.165, 1.54) is 29.6 Å². The maximum absolute atomic E-state index is 9.10. The summed E-state index contributed by atoms with van der Waals surface area (Å²) >= 11 is 2.31. The van der Waals surface area contributed by atoms with Crippen molar-refractivity contribution in [2.75, 3.05) is 39.3 Å². The number of carboxylic acid groups (broad SMARTS) is 2. The summed E-state index contributed by atoms with van der Waals surface area (Å²) < 4.78 is 6.96. The number of hydrogen-bond donors (Lipinski definition) is 3. The summed E-state index contributed by atoms with van der Waals surface area (Å²) in [5.74, 6) is -2.66. The minimum atomic E-state index is -1.82. The van der Waals surface area contributed by atoms with E-state index in [9.17, 15) is 0 Å². The van der Waals surface area contributed by atoms with Gasteiger partial charge >= 0.3 is 11.9 Å². The Morgan fingerprint density at radius 1 is 1.08 bits per heavy atom. The van der Waals surface area contributed by atoms with Gasteiger partial charge in [-0.2, -0.15) is 0 Å². The monoisotopic (exact) mass is 450 g/mol. The molecule has 1 aliphatic heterocycles. The molecule has 3 N–H and O–H groups in total. The number of ether oxygens (including phenoxy) is 1. The number of halogens is 1. The van der Waals surface area contributed by atoms with Crippen molar-refractivity contribution < 1.29 is 24.5 Å². The maximum Gasteiger partial charge on any atom is 0.414 e. The Balaban J connectivity index is 0.000000413. The minimum absolute atomic E-state index is 0.826. The molecule has 0 unspecified atom stereocenters. The average molecular weight is 450 g/mol. The van der Waals surface area contributed by atoms with E-state index in [0.29, 0.717) is 0 Å². The Bertz CT molecular complexity index is 492. The van der Waals surface area contributed by atoms with Gasteiger partial charge in [0.15, 0.2) is 0 Å². The van der Waals surface area contributed by atoms with Crippen LogP contribution in [-0.2, 0) is 9.59 Å². The van der Waals surface area contributed by atoms with Crippen molar-refractivity contribution in [1.82, 2.24) is 10.2 Å². The van der Waals surface area contributed by atoms with Gasteiger partial charge in [0.25, 0.3) is 0 Å². The summed E-state index contributed by atoms with van der Waals surface area (Å²) in [4.78, 5) is 20.7. The van der Waals surface area contributed by atoms with Crippen LogP contribution in [0.3, 0.4) is 0 Å². The second-order valence-corrected chi connectivity index (χ2v) is 6.46. The zero-order chi connectivity index (χ0) is 17.8. The number of rotatable bonds is 6. The SMILES string of the molecule is Ic1ccc(OCCCCN2CCNCC2)cc1.O=C(O)C(=O)O. The second kappa shape index (κ2) is 12.0. The Morgan fingerprint density at radius 3 is 2.21 bits per heavy atom. The number of piperazine rings is 1. The van der Waals surface area contributed by atoms with Crippen LogP contribution in [0.4, 0.5) is 0 Å². The molecule has 1 heterocycles. The largest absolute Gasteiger partial charge is 0.494 e. The zero-order valence-electron chi connectivity index (χ0n) is 13.4. The number of carbonyl (C=O) groups is 2. The molecule has 1 aromatic carbocycles. The van der Waals surface area contributed by atoms with Crippen molar-refractivity contribution in [1.29, 1.82) is 0 Å². The Hall–Kier alpha value is -1.39. The van der Waals surface area contributed by atoms with Gasteiger partial charge in [0, 0.05) is 29.7 Å². The van der Waals surface area contributed by atoms with Gasteiger partial charge in [0.1, 0.15) is 5.75 Å². The molecule has 0 aromatic heterocycles. The number of unbranched alkanes of at least 4 members (excludes halogenated alkanes) is 1. The van der Waals surface area contributed by atoms with Crippen LogP contribution in [0.2, 0.25) is 0 Å². The van der Waals surface area contributed by atoms with Crippen molar-refractivity contribution in [2.45, 2.75) is 12.8 Å². The Morgan fingerprint density at radius 2 is 1.67 bits per heavy atom. The number of nitrogens with one attached hydrogen (secondary N) is 1. The lowest BCUT2D eigenvalue weighted by atomic mass is 10.2. The van der Waals surface area contributed by atoms with E-state index in [1.54, 1.807) is 0 Å². The van der Waals surface area contributed by atoms with Gasteiger partial charge < -0.3 is 25.2 Å². The van der Waals surface area contributed by atoms with Crippen LogP contribution in [0.5, 0.6) is 5.75 Å². The molecule has 1 saturated heterocycles. The Labute approximate surface area is 155 Å². The molecule has 0 bridgehead atoms. The van der Waals surface area contributed by atoms with Gasteiger partial charge in [-0.05, 0) is 66.2 Å². The predicted octanol–water partition coefficient (Wildman–Crippen LogP) is 1.51. The number of hydrogen-bond acceptors (Lipinski definition) is 5. The summed E-state index contributed by atoms with van der Waals surface area (Å²) in [7, 11) is 0. The molecule has 1 fully saturated rings. The molecule has 0 atom stereocenters. The van der Waals surface area contributed by atoms with Gasteiger partial charge in [-0.15, -0.1) is 0 Å². The first-order valence-electron chi connectivity index (χ1n) is 7.76. The quantitative estimate of drug-likeness (QED) is 0.343. The summed E-state index contributed by atoms with van der Waals surface area (Å²) in [6.45, 7) is 6.69. The fourth-order valence-electron chi connectivity index (χ4n) is 2.09. The minimum Gasteiger partial charge on any atom is -0.494 e. The lowest BCUT2D eigenvalue weighted by molar-refractivity contribution is -0.159. The predicted molar refractivity (Wildman–Crippen MR) is 98.5 cm³/mol. The molecular formula is C16H23IN2O5. The topological polar surface area (TPSA) is 99.1 Å². The van der Waals surface area contributed by atoms with E-state index < -0.39 is 11.9 Å². The smallest absolute Gasteiger partial charge is 0.414 e. The first-order chi connectivity index (χ1) is 11.5. The fourth-order valence-corrected chi connectivity index (χ4v) is 2.45. The molecule has 24 heavy (non-hydrogen) atoms. The normalized spacial score (nSPS) is 14.4. The first-order valence-corrected chi connectivity index (χ1v) is 8.84. The van der Waals surface area contributed by atoms with Crippen molar-refractivity contribution in [3.8, 4) is 5.75 Å². The number of aliphatic carboxylic acids is 2. The van der Waals surface area contributed by atoms with Gasteiger partial charge in [-0.3, -0.25) is 0 Å². The van der Waals surface area contributed by atoms with E-state index in [0.717, 1.165) is 31.9 Å². The standard InChI is InChI=1S/C14H21IN2O.C2H2O4/c15-13-3-5-14(6-4-13)18-12-2-1-9-17-10-7-16-8-11-17;3-1(4)2(5)6/h3-6,16H,1-2,7-12H2;(H,3,4)(H,5,6). The number of benzene rings is 1. The highest BCUT2D eigenvalue weighted by Gasteiger charge is 2.08. The van der Waals surface area contributed by atoms with Crippen molar-refractivity contribution in [3.63, 3.8) is 0 Å². The summed E-state index contributed by atoms with van der Waals surface area (Å²) in [6, 6.07) is 8.24. The number of nitrogens with zero attached hydrogens (tertiary/aromatic N) is 1. The molecular weight excluding hydrogens is 427 g/mol. The summed E-state index contributed by atoms with van der Waals surface area (Å²) in [5, 5.41) is 18.2. The van der Waals surface area contributed by atoms with Crippen molar-refractivity contribution in [2.24, 2.45) is 0 Å². The van der Waals surface area contributed by atoms with E-state index in [1.807, 2.05) is 12.1 Å². The average Bonchev–Trinajstić information content (AvgIpc) is 2.58. The fraction of sp³-hybridized carbons (Fsp3) is 0.500. The van der Waals surface area contributed by atoms with E-state index in [4.69, 9.17) is 24.5 Å². The molecule has 0 saturated carbocycles. The van der Waals surface area contributed by atoms with Crippen LogP contribution in [0, 0.1) is 3.57 Å². The molecule has 1 aliphatic rings. The lowest BCUT2D eigenvalue weighted by Crippen LogP contribution is -2.43. The van der Waals surface area contributed by atoms with E-state index >= 15 is 0 Å². The van der Waals surface area contributed by atoms with Gasteiger partial charge in [0.2, 0.25) is 0 Å². The molecule has 8 heteroatoms. The number of carboxylic acids is 2. The van der Waals surface area contributed by atoms with Crippen molar-refractivity contribution in [3.05, 3.63) is 27.8 Å². The van der Waals surface area contributed by atoms with Crippen LogP contribution >= 0.6 is 22.6 Å². The van der Waals surface area contributed by atoms with Crippen molar-refractivity contribution >= 4 is 34.5 Å². The highest BCUT2D eigenvalue weighted by atomic mass is 127. The third-order valence-corrected chi connectivity index (χ3v) is 4.06. The van der Waals surface area contributed by atoms with Crippen LogP contribution in [-0.4, -0.2) is 66.4 Å². The van der Waals surface area contributed by atoms with Crippen LogP contribution < -0.4 is 10.1 Å². The van der Waals surface area contributed by atoms with Gasteiger partial charge in [-0.1, -0.05) is 0 Å². The van der Waals surface area contributed by atoms with E-state index in [-0.39, 0.29) is 0 Å². The molecule has 0 spiro atoms. The Kier molecular flexibility index (Phi) is 10.4. The second-order valence-electron chi connectivity index (χ2n) is 5.21. The third kappa shape index (κ3) is 9.68. The van der Waals surface area contributed by atoms with E-state index in [2.05, 4.69) is 44.9 Å². The molecule has 0 radical (unpaired) electrons. The van der Waals surface area contributed by atoms with Crippen LogP contribution in [0.1, 0.15) is 12.8 Å². The molecule has 134 valence electrons. The molecule has 2 rings (SSSR count). The first kappa shape index (κ1) is 20.7. The highest BCUT2D eigenvalue weighted by Crippen LogP contribution is 2.13. The zero-order valence-corrected chi connectivity index (χ0v) is 15.6. The van der Waals surface area contributed by atoms with Crippen LogP contribution in [0.25, 0.3) is 0 Å². The lowest BCUT2D eigenvalue weighted by Gasteiger charge is -2.26. The summed E-state index contributed by atoms with van der Waals surface area (Å²) in [5.41, 5.74) is 0. The molecule has 0 aliphatic carbocycles. The summed E-state index contributed by atoms with van der Waals surface area (Å²) in [6.07, 6.45) is 2.36. The maximum atomic E-state index is 9.10. The highest BCUT2D eigenvalue weighted by molar-refractivity contribution is 14.1.